The normalized spacial score (nSPS) is 12.0. The molecule has 1 amide bonds. The Morgan fingerprint density at radius 2 is 1.81 bits per heavy atom. The van der Waals surface area contributed by atoms with Crippen LogP contribution in [-0.2, 0) is 11.2 Å². The number of aryl methyl sites for hydroxylation is 2. The molecule has 0 aliphatic heterocycles. The molecule has 0 aliphatic rings. The van der Waals surface area contributed by atoms with Crippen LogP contribution in [-0.4, -0.2) is 16.1 Å². The van der Waals surface area contributed by atoms with Gasteiger partial charge < -0.3 is 9.73 Å². The molecule has 2 aromatic carbocycles. The summed E-state index contributed by atoms with van der Waals surface area (Å²) in [5.41, 5.74) is 2.85. The van der Waals surface area contributed by atoms with E-state index in [1.54, 1.807) is 12.1 Å². The number of rotatable bonds is 6. The summed E-state index contributed by atoms with van der Waals surface area (Å²) in [6.07, 6.45) is 0.599. The summed E-state index contributed by atoms with van der Waals surface area (Å²) >= 11 is 0. The van der Waals surface area contributed by atoms with Gasteiger partial charge in [-0.05, 0) is 43.7 Å². The molecule has 6 heteroatoms. The summed E-state index contributed by atoms with van der Waals surface area (Å²) in [5, 5.41) is 10.9. The number of nitrogens with one attached hydrogen (secondary N) is 1. The molecule has 0 spiro atoms. The van der Waals surface area contributed by atoms with Crippen molar-refractivity contribution in [2.24, 2.45) is 0 Å². The number of hydrogen-bond donors (Lipinski definition) is 1. The first-order valence-electron chi connectivity index (χ1n) is 8.45. The molecule has 3 rings (SSSR count). The fourth-order valence-corrected chi connectivity index (χ4v) is 2.54. The summed E-state index contributed by atoms with van der Waals surface area (Å²) in [4.78, 5) is 12.1. The molecular weight excluding hydrogens is 333 g/mol. The highest BCUT2D eigenvalue weighted by molar-refractivity contribution is 5.76. The lowest BCUT2D eigenvalue weighted by Gasteiger charge is -2.13. The van der Waals surface area contributed by atoms with Crippen molar-refractivity contribution in [3.05, 3.63) is 71.4 Å². The number of halogens is 1. The number of benzene rings is 2. The zero-order valence-corrected chi connectivity index (χ0v) is 14.7. The zero-order chi connectivity index (χ0) is 18.5. The lowest BCUT2D eigenvalue weighted by atomic mass is 10.1. The van der Waals surface area contributed by atoms with Crippen LogP contribution < -0.4 is 5.32 Å². The average Bonchev–Trinajstić information content (AvgIpc) is 3.10. The first-order chi connectivity index (χ1) is 12.5. The number of aromatic nitrogens is 2. The van der Waals surface area contributed by atoms with Crippen molar-refractivity contribution < 1.29 is 13.6 Å². The van der Waals surface area contributed by atoms with Gasteiger partial charge in [-0.3, -0.25) is 4.79 Å². The lowest BCUT2D eigenvalue weighted by molar-refractivity contribution is -0.121. The third-order valence-electron chi connectivity index (χ3n) is 4.08. The molecule has 134 valence electrons. The van der Waals surface area contributed by atoms with Crippen molar-refractivity contribution in [2.45, 2.75) is 32.7 Å². The van der Waals surface area contributed by atoms with Crippen LogP contribution in [0.5, 0.6) is 0 Å². The Morgan fingerprint density at radius 1 is 1.12 bits per heavy atom. The van der Waals surface area contributed by atoms with Gasteiger partial charge in [-0.1, -0.05) is 29.8 Å². The predicted molar refractivity (Wildman–Crippen MR) is 95.7 cm³/mol. The zero-order valence-electron chi connectivity index (χ0n) is 14.7. The highest BCUT2D eigenvalue weighted by Gasteiger charge is 2.13. The maximum atomic E-state index is 13.0. The third kappa shape index (κ3) is 4.53. The SMILES string of the molecule is Cc1ccc(-c2nnc(CCC(=O)NC(C)c3ccc(F)cc3)o2)cc1. The maximum Gasteiger partial charge on any atom is 0.247 e. The minimum atomic E-state index is -0.298. The van der Waals surface area contributed by atoms with E-state index in [1.165, 1.54) is 12.1 Å². The quantitative estimate of drug-likeness (QED) is 0.727. The van der Waals surface area contributed by atoms with Gasteiger partial charge in [-0.2, -0.15) is 0 Å². The monoisotopic (exact) mass is 353 g/mol. The minimum absolute atomic E-state index is 0.128. The van der Waals surface area contributed by atoms with Crippen molar-refractivity contribution in [1.82, 2.24) is 15.5 Å². The fourth-order valence-electron chi connectivity index (χ4n) is 2.54. The number of amides is 1. The van der Waals surface area contributed by atoms with Gasteiger partial charge in [0.05, 0.1) is 6.04 Å². The molecule has 5 nitrogen and oxygen atoms in total. The average molecular weight is 353 g/mol. The molecule has 0 aliphatic carbocycles. The largest absolute Gasteiger partial charge is 0.421 e. The molecule has 26 heavy (non-hydrogen) atoms. The van der Waals surface area contributed by atoms with Crippen LogP contribution in [0.4, 0.5) is 4.39 Å². The number of hydrogen-bond acceptors (Lipinski definition) is 4. The van der Waals surface area contributed by atoms with E-state index in [4.69, 9.17) is 4.42 Å². The van der Waals surface area contributed by atoms with Crippen molar-refractivity contribution in [1.29, 1.82) is 0 Å². The van der Waals surface area contributed by atoms with Gasteiger partial charge in [0.15, 0.2) is 0 Å². The van der Waals surface area contributed by atoms with Gasteiger partial charge in [0.2, 0.25) is 17.7 Å². The first kappa shape index (κ1) is 17.8. The van der Waals surface area contributed by atoms with Crippen LogP contribution in [0, 0.1) is 12.7 Å². The van der Waals surface area contributed by atoms with Crippen molar-refractivity contribution in [3.8, 4) is 11.5 Å². The van der Waals surface area contributed by atoms with Gasteiger partial charge in [-0.15, -0.1) is 10.2 Å². The fraction of sp³-hybridized carbons (Fsp3) is 0.250. The summed E-state index contributed by atoms with van der Waals surface area (Å²) in [6.45, 7) is 3.86. The molecule has 3 aromatic rings. The van der Waals surface area contributed by atoms with Gasteiger partial charge in [0.25, 0.3) is 0 Å². The van der Waals surface area contributed by atoms with Gasteiger partial charge >= 0.3 is 0 Å². The molecule has 1 heterocycles. The minimum Gasteiger partial charge on any atom is -0.421 e. The Balaban J connectivity index is 1.53. The van der Waals surface area contributed by atoms with E-state index in [-0.39, 0.29) is 24.2 Å². The van der Waals surface area contributed by atoms with E-state index in [0.29, 0.717) is 18.2 Å². The number of nitrogens with zero attached hydrogens (tertiary/aromatic N) is 2. The number of carbonyl (C=O) groups excluding carboxylic acids is 1. The van der Waals surface area contributed by atoms with Crippen LogP contribution in [0.3, 0.4) is 0 Å². The second-order valence-electron chi connectivity index (χ2n) is 6.21. The molecule has 0 radical (unpaired) electrons. The molecule has 0 saturated carbocycles. The molecule has 0 saturated heterocycles. The van der Waals surface area contributed by atoms with Crippen LogP contribution in [0.25, 0.3) is 11.5 Å². The lowest BCUT2D eigenvalue weighted by Crippen LogP contribution is -2.26. The van der Waals surface area contributed by atoms with E-state index in [1.807, 2.05) is 38.1 Å². The predicted octanol–water partition coefficient (Wildman–Crippen LogP) is 3.99. The summed E-state index contributed by atoms with van der Waals surface area (Å²) in [6, 6.07) is 13.7. The summed E-state index contributed by atoms with van der Waals surface area (Å²) in [7, 11) is 0. The highest BCUT2D eigenvalue weighted by Crippen LogP contribution is 2.19. The molecule has 1 atom stereocenters. The summed E-state index contributed by atoms with van der Waals surface area (Å²) < 4.78 is 18.6. The summed E-state index contributed by atoms with van der Waals surface area (Å²) in [5.74, 6) is 0.440. The molecule has 0 bridgehead atoms. The molecule has 0 fully saturated rings. The van der Waals surface area contributed by atoms with Gasteiger partial charge in [0, 0.05) is 18.4 Å². The van der Waals surface area contributed by atoms with Crippen LogP contribution in [0.1, 0.15) is 36.4 Å². The maximum absolute atomic E-state index is 13.0. The molecule has 1 unspecified atom stereocenters. The number of carbonyl (C=O) groups is 1. The second kappa shape index (κ2) is 7.91. The topological polar surface area (TPSA) is 68.0 Å². The Morgan fingerprint density at radius 3 is 2.50 bits per heavy atom. The van der Waals surface area contributed by atoms with Crippen LogP contribution in [0.15, 0.2) is 52.9 Å². The standard InChI is InChI=1S/C20H20FN3O2/c1-13-3-5-16(6-4-13)20-24-23-19(26-20)12-11-18(25)22-14(2)15-7-9-17(21)10-8-15/h3-10,14H,11-12H2,1-2H3,(H,22,25). The van der Waals surface area contributed by atoms with E-state index < -0.39 is 0 Å². The van der Waals surface area contributed by atoms with Gasteiger partial charge in [-0.25, -0.2) is 4.39 Å². The van der Waals surface area contributed by atoms with Gasteiger partial charge in [0.1, 0.15) is 5.82 Å². The second-order valence-corrected chi connectivity index (χ2v) is 6.21. The molecule has 1 N–H and O–H groups in total. The van der Waals surface area contributed by atoms with Crippen molar-refractivity contribution >= 4 is 5.91 Å². The van der Waals surface area contributed by atoms with E-state index in [9.17, 15) is 9.18 Å². The molecular formula is C20H20FN3O2. The third-order valence-corrected chi connectivity index (χ3v) is 4.08. The Labute approximate surface area is 151 Å². The van der Waals surface area contributed by atoms with E-state index in [2.05, 4.69) is 15.5 Å². The van der Waals surface area contributed by atoms with E-state index in [0.717, 1.165) is 16.7 Å². The Hall–Kier alpha value is -3.02. The van der Waals surface area contributed by atoms with Crippen LogP contribution >= 0.6 is 0 Å². The van der Waals surface area contributed by atoms with Crippen molar-refractivity contribution in [3.63, 3.8) is 0 Å². The molecule has 1 aromatic heterocycles. The van der Waals surface area contributed by atoms with E-state index >= 15 is 0 Å². The van der Waals surface area contributed by atoms with Crippen LogP contribution in [0.2, 0.25) is 0 Å². The Kier molecular flexibility index (Phi) is 5.41. The van der Waals surface area contributed by atoms with Crippen molar-refractivity contribution in [2.75, 3.05) is 0 Å². The first-order valence-corrected chi connectivity index (χ1v) is 8.45. The smallest absolute Gasteiger partial charge is 0.247 e. The Bertz CT molecular complexity index is 873. The highest BCUT2D eigenvalue weighted by atomic mass is 19.1.